The minimum Gasteiger partial charge on any atom is -0.504 e. The van der Waals surface area contributed by atoms with Gasteiger partial charge in [-0.3, -0.25) is 9.59 Å². The summed E-state index contributed by atoms with van der Waals surface area (Å²) >= 11 is 6.38. The summed E-state index contributed by atoms with van der Waals surface area (Å²) in [5.74, 6) is -0.182. The average molecular weight is 462 g/mol. The Bertz CT molecular complexity index is 1480. The lowest BCUT2D eigenvalue weighted by molar-refractivity contribution is 0.0714. The first kappa shape index (κ1) is 21.1. The van der Waals surface area contributed by atoms with Gasteiger partial charge in [-0.2, -0.15) is 0 Å². The number of halogens is 1. The van der Waals surface area contributed by atoms with Crippen molar-refractivity contribution in [3.8, 4) is 11.5 Å². The first-order valence-electron chi connectivity index (χ1n) is 10.4. The summed E-state index contributed by atoms with van der Waals surface area (Å²) in [4.78, 5) is 28.8. The lowest BCUT2D eigenvalue weighted by Crippen LogP contribution is -2.29. The van der Waals surface area contributed by atoms with Crippen LogP contribution in [0.5, 0.6) is 11.5 Å². The van der Waals surface area contributed by atoms with Crippen LogP contribution in [0.15, 0.2) is 69.9 Å². The van der Waals surface area contributed by atoms with Gasteiger partial charge in [0.2, 0.25) is 5.76 Å². The molecule has 0 radical (unpaired) electrons. The van der Waals surface area contributed by atoms with E-state index in [1.165, 1.54) is 13.2 Å². The van der Waals surface area contributed by atoms with Crippen molar-refractivity contribution in [3.05, 3.63) is 104 Å². The van der Waals surface area contributed by atoms with Gasteiger partial charge in [-0.1, -0.05) is 47.5 Å². The van der Waals surface area contributed by atoms with Crippen LogP contribution in [0.2, 0.25) is 5.02 Å². The second kappa shape index (κ2) is 7.98. The number of fused-ring (bicyclic) bond motifs is 2. The molecule has 0 bridgehead atoms. The highest BCUT2D eigenvalue weighted by Crippen LogP contribution is 2.41. The van der Waals surface area contributed by atoms with Gasteiger partial charge in [-0.05, 0) is 48.4 Å². The number of phenolic OH excluding ortho intramolecular Hbond substituents is 1. The lowest BCUT2D eigenvalue weighted by Gasteiger charge is -2.26. The van der Waals surface area contributed by atoms with E-state index in [2.05, 4.69) is 0 Å². The van der Waals surface area contributed by atoms with E-state index >= 15 is 0 Å². The zero-order chi connectivity index (χ0) is 23.3. The Kier molecular flexibility index (Phi) is 5.10. The molecule has 33 heavy (non-hydrogen) atoms. The van der Waals surface area contributed by atoms with E-state index in [-0.39, 0.29) is 34.8 Å². The van der Waals surface area contributed by atoms with Crippen LogP contribution in [0.25, 0.3) is 11.0 Å². The Labute approximate surface area is 194 Å². The van der Waals surface area contributed by atoms with Crippen LogP contribution in [0.3, 0.4) is 0 Å². The Morgan fingerprint density at radius 2 is 1.88 bits per heavy atom. The number of hydrogen-bond acceptors (Lipinski definition) is 5. The third-order valence-electron chi connectivity index (χ3n) is 5.94. The molecule has 1 amide bonds. The Balaban J connectivity index is 1.76. The van der Waals surface area contributed by atoms with Gasteiger partial charge < -0.3 is 19.2 Å². The lowest BCUT2D eigenvalue weighted by atomic mass is 9.97. The maximum Gasteiger partial charge on any atom is 0.291 e. The SMILES string of the molecule is COc1cc(C2c3c(oc4ccc(C)cc4c3=O)C(=O)N2Cc2ccccc2Cl)ccc1O. The third-order valence-corrected chi connectivity index (χ3v) is 6.31. The number of nitrogens with zero attached hydrogens (tertiary/aromatic N) is 1. The zero-order valence-corrected chi connectivity index (χ0v) is 18.7. The number of methoxy groups -OCH3 is 1. The van der Waals surface area contributed by atoms with E-state index in [1.807, 2.05) is 31.2 Å². The summed E-state index contributed by atoms with van der Waals surface area (Å²) in [6.45, 7) is 2.06. The predicted octanol–water partition coefficient (Wildman–Crippen LogP) is 5.21. The van der Waals surface area contributed by atoms with Gasteiger partial charge in [0.25, 0.3) is 5.91 Å². The molecule has 1 aromatic heterocycles. The van der Waals surface area contributed by atoms with Crippen molar-refractivity contribution < 1.29 is 19.1 Å². The minimum absolute atomic E-state index is 0.0143. The molecular weight excluding hydrogens is 442 g/mol. The monoisotopic (exact) mass is 461 g/mol. The molecule has 1 aliphatic heterocycles. The van der Waals surface area contributed by atoms with Crippen LogP contribution in [-0.4, -0.2) is 23.0 Å². The Morgan fingerprint density at radius 3 is 2.64 bits per heavy atom. The van der Waals surface area contributed by atoms with Crippen molar-refractivity contribution in [3.63, 3.8) is 0 Å². The molecule has 5 rings (SSSR count). The maximum absolute atomic E-state index is 13.6. The molecule has 1 aliphatic rings. The van der Waals surface area contributed by atoms with Crippen LogP contribution in [-0.2, 0) is 6.54 Å². The topological polar surface area (TPSA) is 80.0 Å². The molecule has 0 aliphatic carbocycles. The summed E-state index contributed by atoms with van der Waals surface area (Å²) in [6, 6.07) is 16.6. The van der Waals surface area contributed by atoms with E-state index in [0.29, 0.717) is 21.6 Å². The molecule has 0 spiro atoms. The standard InChI is InChI=1S/C26H20ClNO5/c1-14-7-10-20-17(11-14)24(30)22-23(15-8-9-19(29)21(12-15)32-2)28(26(31)25(22)33-20)13-16-5-3-4-6-18(16)27/h3-12,23,29H,13H2,1-2H3. The molecule has 7 heteroatoms. The smallest absolute Gasteiger partial charge is 0.291 e. The van der Waals surface area contributed by atoms with E-state index in [9.17, 15) is 14.7 Å². The highest BCUT2D eigenvalue weighted by molar-refractivity contribution is 6.31. The van der Waals surface area contributed by atoms with Crippen molar-refractivity contribution >= 4 is 28.5 Å². The molecule has 2 heterocycles. The summed E-state index contributed by atoms with van der Waals surface area (Å²) in [7, 11) is 1.44. The van der Waals surface area contributed by atoms with Crippen molar-refractivity contribution in [1.82, 2.24) is 4.90 Å². The van der Waals surface area contributed by atoms with E-state index < -0.39 is 11.9 Å². The van der Waals surface area contributed by atoms with Gasteiger partial charge in [0.1, 0.15) is 5.58 Å². The number of rotatable bonds is 4. The van der Waals surface area contributed by atoms with Crippen LogP contribution in [0, 0.1) is 6.92 Å². The number of phenols is 1. The summed E-state index contributed by atoms with van der Waals surface area (Å²) in [5, 5.41) is 11.0. The van der Waals surface area contributed by atoms with E-state index in [0.717, 1.165) is 11.1 Å². The van der Waals surface area contributed by atoms with E-state index in [4.69, 9.17) is 20.8 Å². The number of carbonyl (C=O) groups excluding carboxylic acids is 1. The summed E-state index contributed by atoms with van der Waals surface area (Å²) < 4.78 is 11.3. The summed E-state index contributed by atoms with van der Waals surface area (Å²) in [5.41, 5.74) is 2.63. The largest absolute Gasteiger partial charge is 0.504 e. The average Bonchev–Trinajstić information content (AvgIpc) is 3.08. The second-order valence-corrected chi connectivity index (χ2v) is 8.44. The van der Waals surface area contributed by atoms with Gasteiger partial charge in [-0.25, -0.2) is 0 Å². The molecule has 1 N–H and O–H groups in total. The fourth-order valence-corrected chi connectivity index (χ4v) is 4.51. The fraction of sp³-hybridized carbons (Fsp3) is 0.154. The molecule has 0 fully saturated rings. The van der Waals surface area contributed by atoms with Crippen molar-refractivity contribution in [2.24, 2.45) is 0 Å². The second-order valence-electron chi connectivity index (χ2n) is 8.03. The quantitative estimate of drug-likeness (QED) is 0.451. The number of benzene rings is 3. The molecule has 166 valence electrons. The summed E-state index contributed by atoms with van der Waals surface area (Å²) in [6.07, 6.45) is 0. The molecule has 4 aromatic rings. The van der Waals surface area contributed by atoms with Crippen molar-refractivity contribution in [1.29, 1.82) is 0 Å². The van der Waals surface area contributed by atoms with Crippen LogP contribution >= 0.6 is 11.6 Å². The molecule has 6 nitrogen and oxygen atoms in total. The number of hydrogen-bond donors (Lipinski definition) is 1. The van der Waals surface area contributed by atoms with Crippen molar-refractivity contribution in [2.45, 2.75) is 19.5 Å². The van der Waals surface area contributed by atoms with E-state index in [1.54, 1.807) is 35.2 Å². The Hall–Kier alpha value is -3.77. The van der Waals surface area contributed by atoms with Crippen molar-refractivity contribution in [2.75, 3.05) is 7.11 Å². The molecular formula is C26H20ClNO5. The van der Waals surface area contributed by atoms with Crippen LogP contribution in [0.1, 0.15) is 38.9 Å². The first-order valence-corrected chi connectivity index (χ1v) is 10.8. The molecule has 1 atom stereocenters. The maximum atomic E-state index is 13.6. The van der Waals surface area contributed by atoms with Crippen LogP contribution in [0.4, 0.5) is 0 Å². The number of aryl methyl sites for hydroxylation is 1. The number of amides is 1. The molecule has 0 saturated carbocycles. The minimum atomic E-state index is -0.737. The van der Waals surface area contributed by atoms with Gasteiger partial charge in [0.15, 0.2) is 16.9 Å². The third kappa shape index (κ3) is 3.43. The highest BCUT2D eigenvalue weighted by Gasteiger charge is 2.43. The molecule has 3 aromatic carbocycles. The van der Waals surface area contributed by atoms with Crippen LogP contribution < -0.4 is 10.2 Å². The zero-order valence-electron chi connectivity index (χ0n) is 18.0. The molecule has 0 saturated heterocycles. The predicted molar refractivity (Wildman–Crippen MR) is 125 cm³/mol. The highest BCUT2D eigenvalue weighted by atomic mass is 35.5. The number of ether oxygens (including phenoxy) is 1. The fourth-order valence-electron chi connectivity index (χ4n) is 4.32. The number of aromatic hydroxyl groups is 1. The molecule has 1 unspecified atom stereocenters. The Morgan fingerprint density at radius 1 is 1.09 bits per heavy atom. The van der Waals surface area contributed by atoms with Gasteiger partial charge in [0.05, 0.1) is 24.1 Å². The normalized spacial score (nSPS) is 15.2. The van der Waals surface area contributed by atoms with Gasteiger partial charge >= 0.3 is 0 Å². The first-order chi connectivity index (χ1) is 15.9. The van der Waals surface area contributed by atoms with Gasteiger partial charge in [-0.15, -0.1) is 0 Å². The van der Waals surface area contributed by atoms with Gasteiger partial charge in [0, 0.05) is 11.6 Å². The number of carbonyl (C=O) groups is 1.